The lowest BCUT2D eigenvalue weighted by molar-refractivity contribution is 0.220. The molecule has 0 fully saturated rings. The molecule has 0 unspecified atom stereocenters. The Morgan fingerprint density at radius 3 is 1.80 bits per heavy atom. The molecule has 6 heteroatoms. The lowest BCUT2D eigenvalue weighted by Crippen LogP contribution is -2.29. The normalized spacial score (nSPS) is 12.6. The Morgan fingerprint density at radius 2 is 1.37 bits per heavy atom. The molecule has 0 amide bonds. The van der Waals surface area contributed by atoms with Crippen LogP contribution in [0.4, 0.5) is 5.69 Å². The second kappa shape index (κ2) is 12.4. The number of anilines is 1. The maximum absolute atomic E-state index is 13.6. The van der Waals surface area contributed by atoms with Gasteiger partial charge in [0, 0.05) is 23.4 Å². The maximum Gasteiger partial charge on any atom is 0.349 e. The van der Waals surface area contributed by atoms with Gasteiger partial charge < -0.3 is 18.7 Å². The summed E-state index contributed by atoms with van der Waals surface area (Å²) >= 11 is 0. The SMILES string of the molecule is CCOP(=O)(CN(CCCc1ccccc1)c1cc(C(C)(C)C)c(OC)c(C(C)(C)C)c1)OCC. The van der Waals surface area contributed by atoms with Crippen molar-refractivity contribution in [3.63, 3.8) is 0 Å². The van der Waals surface area contributed by atoms with E-state index in [4.69, 9.17) is 13.8 Å². The Bertz CT molecular complexity index is 931. The highest BCUT2D eigenvalue weighted by atomic mass is 31.2. The van der Waals surface area contributed by atoms with Gasteiger partial charge in [-0.3, -0.25) is 4.57 Å². The summed E-state index contributed by atoms with van der Waals surface area (Å²) in [6.07, 6.45) is 2.08. The number of hydrogen-bond donors (Lipinski definition) is 0. The number of hydrogen-bond acceptors (Lipinski definition) is 5. The summed E-state index contributed by atoms with van der Waals surface area (Å²) in [6.45, 7) is 18.3. The third-order valence-electron chi connectivity index (χ3n) is 5.99. The number of methoxy groups -OCH3 is 1. The summed E-state index contributed by atoms with van der Waals surface area (Å²) in [5.74, 6) is 0.927. The maximum atomic E-state index is 13.6. The van der Waals surface area contributed by atoms with Gasteiger partial charge in [-0.05, 0) is 55.2 Å². The van der Waals surface area contributed by atoms with Crippen molar-refractivity contribution in [2.45, 2.75) is 79.1 Å². The van der Waals surface area contributed by atoms with Gasteiger partial charge in [0.1, 0.15) is 12.0 Å². The standard InChI is InChI=1S/C29H46NO4P/c1-10-33-35(31,34-11-2)22-30(19-15-18-23-16-13-12-14-17-23)24-20-25(28(3,4)5)27(32-9)26(21-24)29(6,7)8/h12-14,16-17,20-21H,10-11,15,18-19,22H2,1-9H3. The monoisotopic (exact) mass is 503 g/mol. The molecule has 0 saturated carbocycles. The van der Waals surface area contributed by atoms with E-state index in [2.05, 4.69) is 82.8 Å². The molecule has 35 heavy (non-hydrogen) atoms. The van der Waals surface area contributed by atoms with Crippen molar-refractivity contribution in [3.05, 3.63) is 59.2 Å². The highest BCUT2D eigenvalue weighted by Crippen LogP contribution is 2.50. The van der Waals surface area contributed by atoms with Gasteiger partial charge in [0.25, 0.3) is 0 Å². The molecule has 2 rings (SSSR count). The van der Waals surface area contributed by atoms with Crippen LogP contribution in [0.5, 0.6) is 5.75 Å². The van der Waals surface area contributed by atoms with Gasteiger partial charge in [-0.2, -0.15) is 0 Å². The number of ether oxygens (including phenoxy) is 1. The molecule has 5 nitrogen and oxygen atoms in total. The van der Waals surface area contributed by atoms with E-state index < -0.39 is 7.60 Å². The van der Waals surface area contributed by atoms with Crippen molar-refractivity contribution in [1.29, 1.82) is 0 Å². The third kappa shape index (κ3) is 8.37. The highest BCUT2D eigenvalue weighted by Gasteiger charge is 2.31. The minimum atomic E-state index is -3.29. The fraction of sp³-hybridized carbons (Fsp3) is 0.586. The topological polar surface area (TPSA) is 48.0 Å². The molecule has 2 aromatic carbocycles. The number of nitrogens with zero attached hydrogens (tertiary/aromatic N) is 1. The molecule has 0 aliphatic carbocycles. The van der Waals surface area contributed by atoms with Crippen LogP contribution in [-0.2, 0) is 30.9 Å². The van der Waals surface area contributed by atoms with Crippen LogP contribution in [-0.4, -0.2) is 33.2 Å². The zero-order chi connectivity index (χ0) is 26.3. The molecule has 0 radical (unpaired) electrons. The summed E-state index contributed by atoms with van der Waals surface area (Å²) < 4.78 is 31.0. The molecule has 0 bridgehead atoms. The first-order valence-corrected chi connectivity index (χ1v) is 14.5. The van der Waals surface area contributed by atoms with Crippen LogP contribution in [0.15, 0.2) is 42.5 Å². The van der Waals surface area contributed by atoms with Gasteiger partial charge in [0.05, 0.1) is 20.3 Å². The van der Waals surface area contributed by atoms with Crippen LogP contribution in [0.1, 0.15) is 78.5 Å². The van der Waals surface area contributed by atoms with Gasteiger partial charge in [0.2, 0.25) is 0 Å². The molecule has 0 spiro atoms. The summed E-state index contributed by atoms with van der Waals surface area (Å²) in [7, 11) is -1.54. The molecule has 0 aromatic heterocycles. The van der Waals surface area contributed by atoms with E-state index in [9.17, 15) is 4.57 Å². The second-order valence-electron chi connectivity index (χ2n) is 11.0. The molecule has 0 saturated heterocycles. The molecule has 0 aliphatic heterocycles. The average molecular weight is 504 g/mol. The molecular weight excluding hydrogens is 457 g/mol. The van der Waals surface area contributed by atoms with E-state index in [-0.39, 0.29) is 17.1 Å². The Labute approximate surface area is 213 Å². The zero-order valence-corrected chi connectivity index (χ0v) is 24.2. The highest BCUT2D eigenvalue weighted by molar-refractivity contribution is 7.53. The summed E-state index contributed by atoms with van der Waals surface area (Å²) in [4.78, 5) is 2.18. The van der Waals surface area contributed by atoms with Crippen LogP contribution < -0.4 is 9.64 Å². The van der Waals surface area contributed by atoms with Gasteiger partial charge in [-0.1, -0.05) is 71.9 Å². The first-order chi connectivity index (χ1) is 16.3. The van der Waals surface area contributed by atoms with Crippen molar-refractivity contribution in [2.75, 3.05) is 38.1 Å². The van der Waals surface area contributed by atoms with Crippen LogP contribution in [0.3, 0.4) is 0 Å². The molecule has 2 aromatic rings. The lowest BCUT2D eigenvalue weighted by atomic mass is 9.79. The molecule has 0 N–H and O–H groups in total. The molecule has 0 aliphatic rings. The van der Waals surface area contributed by atoms with Crippen LogP contribution in [0.2, 0.25) is 0 Å². The third-order valence-corrected chi connectivity index (χ3v) is 7.98. The first kappa shape index (κ1) is 29.4. The quantitative estimate of drug-likeness (QED) is 0.275. The minimum Gasteiger partial charge on any atom is -0.496 e. The Balaban J connectivity index is 2.56. The van der Waals surface area contributed by atoms with E-state index in [0.29, 0.717) is 13.2 Å². The van der Waals surface area contributed by atoms with Gasteiger partial charge in [-0.25, -0.2) is 0 Å². The Hall–Kier alpha value is -1.81. The van der Waals surface area contributed by atoms with Gasteiger partial charge in [-0.15, -0.1) is 0 Å². The summed E-state index contributed by atoms with van der Waals surface area (Å²) in [5.41, 5.74) is 4.34. The van der Waals surface area contributed by atoms with Crippen LogP contribution in [0, 0.1) is 0 Å². The molecular formula is C29H46NO4P. The van der Waals surface area contributed by atoms with E-state index in [1.54, 1.807) is 7.11 Å². The second-order valence-corrected chi connectivity index (χ2v) is 13.0. The van der Waals surface area contributed by atoms with Gasteiger partial charge >= 0.3 is 7.60 Å². The van der Waals surface area contributed by atoms with Crippen LogP contribution >= 0.6 is 7.60 Å². The van der Waals surface area contributed by atoms with Crippen LogP contribution in [0.25, 0.3) is 0 Å². The summed E-state index contributed by atoms with van der Waals surface area (Å²) in [6, 6.07) is 14.9. The lowest BCUT2D eigenvalue weighted by Gasteiger charge is -2.34. The van der Waals surface area contributed by atoms with Crippen molar-refractivity contribution < 1.29 is 18.3 Å². The average Bonchev–Trinajstić information content (AvgIpc) is 2.77. The zero-order valence-electron chi connectivity index (χ0n) is 23.3. The van der Waals surface area contributed by atoms with Crippen molar-refractivity contribution in [3.8, 4) is 5.75 Å². The van der Waals surface area contributed by atoms with Crippen molar-refractivity contribution in [2.24, 2.45) is 0 Å². The van der Waals surface area contributed by atoms with E-state index in [0.717, 1.165) is 42.0 Å². The smallest absolute Gasteiger partial charge is 0.349 e. The molecule has 0 heterocycles. The minimum absolute atomic E-state index is 0.124. The predicted octanol–water partition coefficient (Wildman–Crippen LogP) is 7.95. The van der Waals surface area contributed by atoms with E-state index in [1.165, 1.54) is 5.56 Å². The fourth-order valence-electron chi connectivity index (χ4n) is 4.25. The number of rotatable bonds is 12. The van der Waals surface area contributed by atoms with Crippen molar-refractivity contribution >= 4 is 13.3 Å². The summed E-state index contributed by atoms with van der Waals surface area (Å²) in [5, 5.41) is 0. The Kier molecular flexibility index (Phi) is 10.4. The first-order valence-electron chi connectivity index (χ1n) is 12.7. The van der Waals surface area contributed by atoms with E-state index in [1.807, 2.05) is 19.9 Å². The molecule has 196 valence electrons. The van der Waals surface area contributed by atoms with Gasteiger partial charge in [0.15, 0.2) is 0 Å². The predicted molar refractivity (Wildman–Crippen MR) is 148 cm³/mol. The largest absolute Gasteiger partial charge is 0.496 e. The Morgan fingerprint density at radius 1 is 0.857 bits per heavy atom. The number of benzene rings is 2. The number of aryl methyl sites for hydroxylation is 1. The molecule has 0 atom stereocenters. The van der Waals surface area contributed by atoms with E-state index >= 15 is 0 Å². The van der Waals surface area contributed by atoms with Crippen molar-refractivity contribution in [1.82, 2.24) is 0 Å². The fourth-order valence-corrected chi connectivity index (χ4v) is 6.00.